The summed E-state index contributed by atoms with van der Waals surface area (Å²) in [5, 5.41) is 0. The quantitative estimate of drug-likeness (QED) is 0.436. The molecule has 0 atom stereocenters. The molecule has 0 amide bonds. The molecule has 0 aromatic rings. The van der Waals surface area contributed by atoms with E-state index in [1.54, 1.807) is 0 Å². The molecule has 0 aliphatic heterocycles. The topological polar surface area (TPSA) is 0 Å². The van der Waals surface area contributed by atoms with Crippen molar-refractivity contribution in [1.29, 1.82) is 0 Å². The second-order valence-corrected chi connectivity index (χ2v) is 0. The largest absolute Gasteiger partial charge is 0 e. The van der Waals surface area contributed by atoms with Crippen LogP contribution in [0.1, 0.15) is 0 Å². The van der Waals surface area contributed by atoms with E-state index < -0.39 is 0 Å². The van der Waals surface area contributed by atoms with Crippen LogP contribution < -0.4 is 0 Å². The molecule has 0 aliphatic rings. The summed E-state index contributed by atoms with van der Waals surface area (Å²) in [5.41, 5.74) is 0. The van der Waals surface area contributed by atoms with Gasteiger partial charge >= 0.3 is 0 Å². The van der Waals surface area contributed by atoms with Crippen LogP contribution in [0, 0.1) is 40.4 Å². The Morgan fingerprint density at radius 2 is 0.286 bits per heavy atom. The van der Waals surface area contributed by atoms with E-state index in [0.29, 0.717) is 0 Å². The first kappa shape index (κ1) is 64.0. The van der Waals surface area contributed by atoms with Gasteiger partial charge in [-0.2, -0.15) is 0 Å². The van der Waals surface area contributed by atoms with Crippen LogP contribution in [0.2, 0.25) is 0 Å². The van der Waals surface area contributed by atoms with Gasteiger partial charge in [-0.3, -0.25) is 0 Å². The predicted octanol–water partition coefficient (Wildman–Crippen LogP) is -0.0150. The van der Waals surface area contributed by atoms with Crippen LogP contribution in [0.25, 0.3) is 0 Å². The molecule has 0 aromatic carbocycles. The first-order valence-corrected chi connectivity index (χ1v) is 0. The Kier molecular flexibility index (Phi) is 435. The zero-order chi connectivity index (χ0) is 0. The summed E-state index contributed by atoms with van der Waals surface area (Å²) in [4.78, 5) is 0. The fourth-order valence-electron chi connectivity index (χ4n) is 0. The van der Waals surface area contributed by atoms with Crippen LogP contribution in [-0.2, 0) is 101 Å². The van der Waals surface area contributed by atoms with Gasteiger partial charge in [-0.05, 0) is 0 Å². The molecule has 7 heteroatoms. The third kappa shape index (κ3) is 38.0. The molecule has 0 heterocycles. The molecule has 60 valence electrons. The third-order valence-electron chi connectivity index (χ3n) is 0. The standard InChI is InChI=1S/6Co.Sm. The summed E-state index contributed by atoms with van der Waals surface area (Å²) >= 11 is 0. The average Bonchev–Trinajstić information content (AvgIpc) is 0. The maximum absolute atomic E-state index is 0. The molecule has 0 saturated heterocycles. The molecule has 0 nitrogen and oxygen atoms in total. The van der Waals surface area contributed by atoms with Gasteiger partial charge < -0.3 is 0 Å². The number of hydrogen-bond donors (Lipinski definition) is 0. The summed E-state index contributed by atoms with van der Waals surface area (Å²) in [6.07, 6.45) is 0. The van der Waals surface area contributed by atoms with E-state index in [0.717, 1.165) is 0 Å². The second kappa shape index (κ2) is 47.6. The van der Waals surface area contributed by atoms with Crippen LogP contribution in [0.15, 0.2) is 0 Å². The number of rotatable bonds is 0. The summed E-state index contributed by atoms with van der Waals surface area (Å²) in [6, 6.07) is 0. The molecule has 6 radical (unpaired) electrons. The Labute approximate surface area is 138 Å². The summed E-state index contributed by atoms with van der Waals surface area (Å²) in [7, 11) is 0. The van der Waals surface area contributed by atoms with Crippen molar-refractivity contribution in [2.45, 2.75) is 0 Å². The van der Waals surface area contributed by atoms with Crippen molar-refractivity contribution in [3.8, 4) is 0 Å². The molecule has 0 fully saturated rings. The fourth-order valence-corrected chi connectivity index (χ4v) is 0. The van der Waals surface area contributed by atoms with E-state index in [1.807, 2.05) is 0 Å². The van der Waals surface area contributed by atoms with Crippen molar-refractivity contribution >= 4 is 0 Å². The fraction of sp³-hybridized carbons (Fsp3) is 0. The van der Waals surface area contributed by atoms with Crippen molar-refractivity contribution in [2.24, 2.45) is 0 Å². The Hall–Kier alpha value is 4.38. The Balaban J connectivity index is 0. The van der Waals surface area contributed by atoms with E-state index in [-0.39, 0.29) is 141 Å². The minimum atomic E-state index is 0. The van der Waals surface area contributed by atoms with Gasteiger partial charge in [-0.1, -0.05) is 0 Å². The van der Waals surface area contributed by atoms with Crippen molar-refractivity contribution in [3.63, 3.8) is 0 Å². The first-order chi connectivity index (χ1) is 0. The van der Waals surface area contributed by atoms with Gasteiger partial charge in [0.1, 0.15) is 0 Å². The minimum absolute atomic E-state index is 0. The molecule has 0 N–H and O–H groups in total. The number of hydrogen-bond acceptors (Lipinski definition) is 0. The van der Waals surface area contributed by atoms with Crippen LogP contribution in [0.3, 0.4) is 0 Å². The predicted molar refractivity (Wildman–Crippen MR) is 0 cm³/mol. The normalized spacial score (nSPS) is 0. The Morgan fingerprint density at radius 3 is 0.286 bits per heavy atom. The third-order valence-corrected chi connectivity index (χ3v) is 0. The van der Waals surface area contributed by atoms with Crippen LogP contribution in [0.4, 0.5) is 0 Å². The van der Waals surface area contributed by atoms with Crippen LogP contribution in [-0.4, -0.2) is 0 Å². The molecular weight excluding hydrogens is 504 g/mol. The molecule has 0 aliphatic carbocycles. The summed E-state index contributed by atoms with van der Waals surface area (Å²) in [6.45, 7) is 0. The average molecular weight is 504 g/mol. The zero-order valence-corrected chi connectivity index (χ0v) is 11.3. The second-order valence-electron chi connectivity index (χ2n) is 0. The maximum Gasteiger partial charge on any atom is 0 e. The van der Waals surface area contributed by atoms with Crippen LogP contribution >= 0.6 is 0 Å². The van der Waals surface area contributed by atoms with Crippen molar-refractivity contribution in [3.05, 3.63) is 0 Å². The minimum Gasteiger partial charge on any atom is 0 e. The first-order valence-electron chi connectivity index (χ1n) is 0. The Bertz CT molecular complexity index is 4.14. The van der Waals surface area contributed by atoms with Gasteiger partial charge in [0, 0.05) is 141 Å². The summed E-state index contributed by atoms with van der Waals surface area (Å²) < 4.78 is 0. The van der Waals surface area contributed by atoms with Gasteiger partial charge in [0.25, 0.3) is 0 Å². The van der Waals surface area contributed by atoms with Crippen molar-refractivity contribution in [2.75, 3.05) is 0 Å². The molecule has 0 saturated carbocycles. The molecule has 7 heavy (non-hydrogen) atoms. The van der Waals surface area contributed by atoms with E-state index in [9.17, 15) is 0 Å². The smallest absolute Gasteiger partial charge is 0 e. The molecule has 0 aromatic heterocycles. The van der Waals surface area contributed by atoms with Gasteiger partial charge in [-0.25, -0.2) is 0 Å². The van der Waals surface area contributed by atoms with E-state index in [2.05, 4.69) is 0 Å². The molecule has 0 rings (SSSR count). The monoisotopic (exact) mass is 506 g/mol. The van der Waals surface area contributed by atoms with Crippen molar-refractivity contribution in [1.82, 2.24) is 0 Å². The molecule has 0 bridgehead atoms. The van der Waals surface area contributed by atoms with Gasteiger partial charge in [0.15, 0.2) is 0 Å². The van der Waals surface area contributed by atoms with Gasteiger partial charge in [-0.15, -0.1) is 0 Å². The molecule has 0 spiro atoms. The van der Waals surface area contributed by atoms with E-state index >= 15 is 0 Å². The maximum atomic E-state index is 0. The summed E-state index contributed by atoms with van der Waals surface area (Å²) in [5.74, 6) is 0. The van der Waals surface area contributed by atoms with Crippen molar-refractivity contribution < 1.29 is 141 Å². The van der Waals surface area contributed by atoms with E-state index in [1.165, 1.54) is 0 Å². The molecule has 0 unspecified atom stereocenters. The molecular formula is Co6Sm. The Morgan fingerprint density at radius 1 is 0.286 bits per heavy atom. The van der Waals surface area contributed by atoms with Gasteiger partial charge in [0.2, 0.25) is 0 Å². The van der Waals surface area contributed by atoms with E-state index in [4.69, 9.17) is 0 Å². The zero-order valence-electron chi connectivity index (χ0n) is 2.41. The van der Waals surface area contributed by atoms with Gasteiger partial charge in [0.05, 0.1) is 0 Å². The SMILES string of the molecule is [Co].[Co].[Co].[Co].[Co].[Co].[Sm]. The van der Waals surface area contributed by atoms with Crippen LogP contribution in [0.5, 0.6) is 0 Å².